The molecule has 5 nitrogen and oxygen atoms in total. The SMILES string of the molecule is Cc1cccc(C)c1NC(=O)C(C)Nc1ccc(Oc2ccccc2C#N)cc1. The molecule has 0 saturated carbocycles. The molecule has 3 aromatic rings. The number of aryl methyl sites for hydroxylation is 2. The second-order valence-electron chi connectivity index (χ2n) is 6.86. The first-order chi connectivity index (χ1) is 14.0. The van der Waals surface area contributed by atoms with Crippen LogP contribution in [-0.4, -0.2) is 11.9 Å². The Kier molecular flexibility index (Phi) is 6.16. The van der Waals surface area contributed by atoms with Gasteiger partial charge in [0.2, 0.25) is 5.91 Å². The van der Waals surface area contributed by atoms with Crippen molar-refractivity contribution < 1.29 is 9.53 Å². The Bertz CT molecular complexity index is 1030. The first-order valence-electron chi connectivity index (χ1n) is 9.38. The van der Waals surface area contributed by atoms with E-state index in [1.54, 1.807) is 30.3 Å². The molecule has 0 aliphatic heterocycles. The molecule has 1 unspecified atom stereocenters. The highest BCUT2D eigenvalue weighted by Crippen LogP contribution is 2.26. The van der Waals surface area contributed by atoms with Crippen LogP contribution in [0.2, 0.25) is 0 Å². The van der Waals surface area contributed by atoms with Crippen molar-refractivity contribution in [2.75, 3.05) is 10.6 Å². The van der Waals surface area contributed by atoms with Crippen LogP contribution in [0.15, 0.2) is 66.7 Å². The van der Waals surface area contributed by atoms with Crippen molar-refractivity contribution in [3.63, 3.8) is 0 Å². The van der Waals surface area contributed by atoms with Crippen molar-refractivity contribution >= 4 is 17.3 Å². The molecule has 146 valence electrons. The number of nitrogens with zero attached hydrogens (tertiary/aromatic N) is 1. The Morgan fingerprint density at radius 3 is 2.28 bits per heavy atom. The van der Waals surface area contributed by atoms with Gasteiger partial charge in [0.1, 0.15) is 23.6 Å². The molecule has 0 saturated heterocycles. The number of benzene rings is 3. The lowest BCUT2D eigenvalue weighted by Crippen LogP contribution is -2.32. The van der Waals surface area contributed by atoms with Gasteiger partial charge < -0.3 is 15.4 Å². The molecule has 1 atom stereocenters. The lowest BCUT2D eigenvalue weighted by molar-refractivity contribution is -0.116. The Labute approximate surface area is 171 Å². The number of nitrogens with one attached hydrogen (secondary N) is 2. The Morgan fingerprint density at radius 1 is 0.966 bits per heavy atom. The predicted octanol–water partition coefficient (Wildman–Crippen LogP) is 5.41. The first-order valence-corrected chi connectivity index (χ1v) is 9.38. The van der Waals surface area contributed by atoms with Crippen LogP contribution in [-0.2, 0) is 4.79 Å². The summed E-state index contributed by atoms with van der Waals surface area (Å²) in [5.74, 6) is 1.02. The summed E-state index contributed by atoms with van der Waals surface area (Å²) in [5, 5.41) is 15.3. The molecule has 3 rings (SSSR count). The average molecular weight is 385 g/mol. The highest BCUT2D eigenvalue weighted by Gasteiger charge is 2.15. The summed E-state index contributed by atoms with van der Waals surface area (Å²) in [4.78, 5) is 12.6. The van der Waals surface area contributed by atoms with Crippen LogP contribution in [0, 0.1) is 25.2 Å². The number of hydrogen-bond donors (Lipinski definition) is 2. The van der Waals surface area contributed by atoms with Gasteiger partial charge in [0, 0.05) is 11.4 Å². The Hall–Kier alpha value is -3.78. The summed E-state index contributed by atoms with van der Waals surface area (Å²) in [5.41, 5.74) is 4.20. The van der Waals surface area contributed by atoms with Crippen molar-refractivity contribution in [2.24, 2.45) is 0 Å². The molecule has 0 aromatic heterocycles. The quantitative estimate of drug-likeness (QED) is 0.595. The Morgan fingerprint density at radius 2 is 1.62 bits per heavy atom. The summed E-state index contributed by atoms with van der Waals surface area (Å²) in [6, 6.07) is 22.0. The Balaban J connectivity index is 1.63. The zero-order valence-corrected chi connectivity index (χ0v) is 16.7. The van der Waals surface area contributed by atoms with E-state index >= 15 is 0 Å². The normalized spacial score (nSPS) is 11.2. The minimum atomic E-state index is -0.417. The third-order valence-corrected chi connectivity index (χ3v) is 4.60. The highest BCUT2D eigenvalue weighted by molar-refractivity contribution is 5.97. The van der Waals surface area contributed by atoms with E-state index in [0.717, 1.165) is 22.5 Å². The summed E-state index contributed by atoms with van der Waals surface area (Å²) >= 11 is 0. The number of para-hydroxylation sites is 2. The maximum Gasteiger partial charge on any atom is 0.246 e. The minimum absolute atomic E-state index is 0.106. The zero-order valence-electron chi connectivity index (χ0n) is 16.7. The van der Waals surface area contributed by atoms with Gasteiger partial charge in [-0.05, 0) is 68.3 Å². The number of hydrogen-bond acceptors (Lipinski definition) is 4. The number of carbonyl (C=O) groups is 1. The molecule has 2 N–H and O–H groups in total. The van der Waals surface area contributed by atoms with Crippen molar-refractivity contribution in [3.8, 4) is 17.6 Å². The van der Waals surface area contributed by atoms with E-state index in [0.29, 0.717) is 17.1 Å². The maximum absolute atomic E-state index is 12.6. The number of rotatable bonds is 6. The molecular weight excluding hydrogens is 362 g/mol. The van der Waals surface area contributed by atoms with Crippen LogP contribution < -0.4 is 15.4 Å². The van der Waals surface area contributed by atoms with E-state index in [-0.39, 0.29) is 5.91 Å². The van der Waals surface area contributed by atoms with Gasteiger partial charge in [-0.15, -0.1) is 0 Å². The van der Waals surface area contributed by atoms with E-state index in [1.165, 1.54) is 0 Å². The lowest BCUT2D eigenvalue weighted by Gasteiger charge is -2.18. The van der Waals surface area contributed by atoms with Crippen LogP contribution in [0.3, 0.4) is 0 Å². The lowest BCUT2D eigenvalue weighted by atomic mass is 10.1. The number of amides is 1. The van der Waals surface area contributed by atoms with Crippen LogP contribution >= 0.6 is 0 Å². The van der Waals surface area contributed by atoms with Gasteiger partial charge >= 0.3 is 0 Å². The summed E-state index contributed by atoms with van der Waals surface area (Å²) < 4.78 is 5.78. The maximum atomic E-state index is 12.6. The fourth-order valence-electron chi connectivity index (χ4n) is 2.95. The third kappa shape index (κ3) is 4.94. The van der Waals surface area contributed by atoms with Crippen LogP contribution in [0.5, 0.6) is 11.5 Å². The van der Waals surface area contributed by atoms with Gasteiger partial charge in [-0.2, -0.15) is 5.26 Å². The van der Waals surface area contributed by atoms with Gasteiger partial charge in [-0.1, -0.05) is 30.3 Å². The van der Waals surface area contributed by atoms with Crippen molar-refractivity contribution in [2.45, 2.75) is 26.8 Å². The highest BCUT2D eigenvalue weighted by atomic mass is 16.5. The van der Waals surface area contributed by atoms with Crippen molar-refractivity contribution in [3.05, 3.63) is 83.4 Å². The number of anilines is 2. The minimum Gasteiger partial charge on any atom is -0.456 e. The molecule has 0 bridgehead atoms. The zero-order chi connectivity index (χ0) is 20.8. The molecule has 0 heterocycles. The van der Waals surface area contributed by atoms with E-state index in [2.05, 4.69) is 16.7 Å². The summed E-state index contributed by atoms with van der Waals surface area (Å²) in [6.07, 6.45) is 0. The third-order valence-electron chi connectivity index (χ3n) is 4.60. The average Bonchev–Trinajstić information content (AvgIpc) is 2.72. The summed E-state index contributed by atoms with van der Waals surface area (Å²) in [6.45, 7) is 5.77. The summed E-state index contributed by atoms with van der Waals surface area (Å²) in [7, 11) is 0. The van der Waals surface area contributed by atoms with E-state index < -0.39 is 6.04 Å². The van der Waals surface area contributed by atoms with Gasteiger partial charge in [0.05, 0.1) is 5.56 Å². The molecule has 0 spiro atoms. The van der Waals surface area contributed by atoms with E-state index in [1.807, 2.05) is 57.2 Å². The fraction of sp³-hybridized carbons (Fsp3) is 0.167. The van der Waals surface area contributed by atoms with E-state index in [4.69, 9.17) is 10.00 Å². The van der Waals surface area contributed by atoms with Crippen LogP contribution in [0.25, 0.3) is 0 Å². The predicted molar refractivity (Wildman–Crippen MR) is 115 cm³/mol. The molecule has 1 amide bonds. The topological polar surface area (TPSA) is 74.2 Å². The monoisotopic (exact) mass is 385 g/mol. The van der Waals surface area contributed by atoms with Crippen molar-refractivity contribution in [1.29, 1.82) is 5.26 Å². The molecular formula is C24H23N3O2. The molecule has 29 heavy (non-hydrogen) atoms. The van der Waals surface area contributed by atoms with Gasteiger partial charge in [0.15, 0.2) is 0 Å². The largest absolute Gasteiger partial charge is 0.456 e. The second kappa shape index (κ2) is 8.94. The molecule has 0 radical (unpaired) electrons. The van der Waals surface area contributed by atoms with Crippen molar-refractivity contribution in [1.82, 2.24) is 0 Å². The fourth-order valence-corrected chi connectivity index (χ4v) is 2.95. The number of carbonyl (C=O) groups excluding carboxylic acids is 1. The smallest absolute Gasteiger partial charge is 0.246 e. The number of ether oxygens (including phenoxy) is 1. The molecule has 0 fully saturated rings. The molecule has 3 aromatic carbocycles. The molecule has 0 aliphatic carbocycles. The van der Waals surface area contributed by atoms with Gasteiger partial charge in [0.25, 0.3) is 0 Å². The second-order valence-corrected chi connectivity index (χ2v) is 6.86. The van der Waals surface area contributed by atoms with Crippen LogP contribution in [0.1, 0.15) is 23.6 Å². The van der Waals surface area contributed by atoms with Gasteiger partial charge in [-0.3, -0.25) is 4.79 Å². The molecule has 0 aliphatic rings. The van der Waals surface area contributed by atoms with Gasteiger partial charge in [-0.25, -0.2) is 0 Å². The van der Waals surface area contributed by atoms with E-state index in [9.17, 15) is 4.79 Å². The standard InChI is InChI=1S/C24H23N3O2/c1-16-7-6-8-17(2)23(16)27-24(28)18(3)26-20-11-13-21(14-12-20)29-22-10-5-4-9-19(22)15-25/h4-14,18,26H,1-3H3,(H,27,28). The molecule has 5 heteroatoms. The first kappa shape index (κ1) is 20.0. The number of nitriles is 1. The van der Waals surface area contributed by atoms with Crippen LogP contribution in [0.4, 0.5) is 11.4 Å².